The largest absolute Gasteiger partial charge is 0.456 e. The third kappa shape index (κ3) is 4.21. The molecule has 0 fully saturated rings. The Balaban J connectivity index is 1.46. The maximum Gasteiger partial charge on any atom is 0.238 e. The van der Waals surface area contributed by atoms with Crippen LogP contribution in [0.5, 0.6) is 0 Å². The van der Waals surface area contributed by atoms with Crippen molar-refractivity contribution in [2.45, 2.75) is 6.92 Å². The summed E-state index contributed by atoms with van der Waals surface area (Å²) in [6.45, 7) is 6.37. The van der Waals surface area contributed by atoms with Gasteiger partial charge in [-0.2, -0.15) is 9.97 Å². The van der Waals surface area contributed by atoms with Crippen molar-refractivity contribution in [3.05, 3.63) is 151 Å². The molecule has 5 nitrogen and oxygen atoms in total. The number of hydrogen-bond donors (Lipinski definition) is 0. The second-order valence-electron chi connectivity index (χ2n) is 11.7. The van der Waals surface area contributed by atoms with Crippen molar-refractivity contribution in [3.63, 3.8) is 0 Å². The van der Waals surface area contributed by atoms with Crippen molar-refractivity contribution in [1.82, 2.24) is 19.5 Å². The van der Waals surface area contributed by atoms with Crippen LogP contribution in [-0.2, 0) is 0 Å². The molecule has 3 heterocycles. The molecule has 0 spiro atoms. The van der Waals surface area contributed by atoms with Crippen LogP contribution in [0.25, 0.3) is 89.7 Å². The number of nitrogens with zero attached hydrogens (tertiary/aromatic N) is 4. The van der Waals surface area contributed by atoms with Gasteiger partial charge in [0.25, 0.3) is 0 Å². The summed E-state index contributed by atoms with van der Waals surface area (Å²) in [7, 11) is 0. The van der Waals surface area contributed by atoms with Crippen LogP contribution in [0.3, 0.4) is 0 Å². The fourth-order valence-corrected chi connectivity index (χ4v) is 6.85. The molecular formula is C42H28N4O. The molecular weight excluding hydrogens is 576 g/mol. The number of fused-ring (bicyclic) bond motifs is 6. The van der Waals surface area contributed by atoms with E-state index in [4.69, 9.17) is 19.4 Å². The van der Waals surface area contributed by atoms with E-state index in [1.807, 2.05) is 84.9 Å². The van der Waals surface area contributed by atoms with E-state index in [2.05, 4.69) is 72.7 Å². The van der Waals surface area contributed by atoms with E-state index in [0.29, 0.717) is 17.6 Å². The van der Waals surface area contributed by atoms with E-state index < -0.39 is 0 Å². The third-order valence-electron chi connectivity index (χ3n) is 8.99. The van der Waals surface area contributed by atoms with Gasteiger partial charge in [-0.05, 0) is 30.2 Å². The summed E-state index contributed by atoms with van der Waals surface area (Å²) < 4.78 is 8.54. The van der Waals surface area contributed by atoms with Crippen LogP contribution in [-0.4, -0.2) is 19.5 Å². The van der Waals surface area contributed by atoms with Gasteiger partial charge in [0.05, 0.1) is 11.0 Å². The smallest absolute Gasteiger partial charge is 0.238 e. The Kier molecular flexibility index (Phi) is 6.12. The molecule has 222 valence electrons. The summed E-state index contributed by atoms with van der Waals surface area (Å²) in [6, 6.07) is 45.6. The van der Waals surface area contributed by atoms with Gasteiger partial charge in [0.15, 0.2) is 11.6 Å². The Morgan fingerprint density at radius 2 is 1.15 bits per heavy atom. The highest BCUT2D eigenvalue weighted by molar-refractivity contribution is 6.20. The normalized spacial score (nSPS) is 11.6. The first kappa shape index (κ1) is 27.0. The number of rotatable bonds is 5. The molecule has 0 aliphatic carbocycles. The van der Waals surface area contributed by atoms with Crippen LogP contribution in [0.2, 0.25) is 0 Å². The summed E-state index contributed by atoms with van der Waals surface area (Å²) >= 11 is 0. The topological polar surface area (TPSA) is 56.7 Å². The van der Waals surface area contributed by atoms with Crippen LogP contribution >= 0.6 is 0 Å². The Morgan fingerprint density at radius 3 is 1.87 bits per heavy atom. The minimum atomic E-state index is 0.545. The van der Waals surface area contributed by atoms with E-state index in [0.717, 1.165) is 77.1 Å². The molecule has 47 heavy (non-hydrogen) atoms. The Hall–Kier alpha value is -6.33. The summed E-state index contributed by atoms with van der Waals surface area (Å²) in [5.74, 6) is 1.76. The summed E-state index contributed by atoms with van der Waals surface area (Å²) in [6.07, 6.45) is 1.94. The minimum Gasteiger partial charge on any atom is -0.456 e. The van der Waals surface area contributed by atoms with Crippen LogP contribution in [0, 0.1) is 6.92 Å². The number of furan rings is 1. The lowest BCUT2D eigenvalue weighted by molar-refractivity contribution is 0.669. The first-order chi connectivity index (χ1) is 23.2. The molecule has 0 aliphatic rings. The first-order valence-electron chi connectivity index (χ1n) is 15.7. The number of hydrogen-bond acceptors (Lipinski definition) is 4. The molecule has 0 saturated heterocycles. The Bertz CT molecular complexity index is 2590. The zero-order chi connectivity index (χ0) is 31.5. The van der Waals surface area contributed by atoms with Gasteiger partial charge >= 0.3 is 0 Å². The van der Waals surface area contributed by atoms with Gasteiger partial charge in [0.1, 0.15) is 11.2 Å². The molecule has 0 N–H and O–H groups in total. The lowest BCUT2D eigenvalue weighted by atomic mass is 9.97. The molecule has 5 heteroatoms. The van der Waals surface area contributed by atoms with Crippen molar-refractivity contribution in [1.29, 1.82) is 0 Å². The molecule has 0 radical (unpaired) electrons. The fourth-order valence-electron chi connectivity index (χ4n) is 6.85. The van der Waals surface area contributed by atoms with Crippen molar-refractivity contribution in [2.24, 2.45) is 0 Å². The predicted octanol–water partition coefficient (Wildman–Crippen LogP) is 10.8. The van der Waals surface area contributed by atoms with Gasteiger partial charge in [-0.1, -0.05) is 134 Å². The molecule has 0 saturated carbocycles. The van der Waals surface area contributed by atoms with E-state index in [9.17, 15) is 0 Å². The number of aromatic nitrogens is 4. The lowest BCUT2D eigenvalue weighted by Crippen LogP contribution is -2.07. The second kappa shape index (κ2) is 10.6. The van der Waals surface area contributed by atoms with E-state index in [1.54, 1.807) is 0 Å². The summed E-state index contributed by atoms with van der Waals surface area (Å²) in [5.41, 5.74) is 9.89. The molecule has 0 atom stereocenters. The number of benzene rings is 6. The maximum absolute atomic E-state index is 6.33. The minimum absolute atomic E-state index is 0.545. The number of aryl methyl sites for hydroxylation is 1. The quantitative estimate of drug-likeness (QED) is 0.196. The zero-order valence-corrected chi connectivity index (χ0v) is 25.7. The highest BCUT2D eigenvalue weighted by Gasteiger charge is 2.24. The van der Waals surface area contributed by atoms with Crippen molar-refractivity contribution < 1.29 is 4.42 Å². The molecule has 9 rings (SSSR count). The van der Waals surface area contributed by atoms with Crippen molar-refractivity contribution in [2.75, 3.05) is 0 Å². The molecule has 0 amide bonds. The van der Waals surface area contributed by atoms with Crippen LogP contribution in [0.15, 0.2) is 144 Å². The highest BCUT2D eigenvalue weighted by Crippen LogP contribution is 2.43. The van der Waals surface area contributed by atoms with E-state index in [1.165, 1.54) is 0 Å². The van der Waals surface area contributed by atoms with Crippen LogP contribution in [0.4, 0.5) is 0 Å². The summed E-state index contributed by atoms with van der Waals surface area (Å²) in [5, 5.41) is 4.37. The average molecular weight is 605 g/mol. The molecule has 6 aromatic carbocycles. The Labute approximate surface area is 271 Å². The standard InChI is InChI=1S/C42H28N4O/c1-3-29-26(2)24-25-33-32-21-12-20-31(30-19-13-23-36-37(30)34-18-10-11-22-35(34)47-36)39(32)46(38(29)33)42-44-40(27-14-6-4-7-15-27)43-41(45-42)28-16-8-5-9-17-28/h3-25H,1H2,2H3. The van der Waals surface area contributed by atoms with Gasteiger partial charge in [-0.15, -0.1) is 0 Å². The van der Waals surface area contributed by atoms with Gasteiger partial charge < -0.3 is 4.42 Å². The summed E-state index contributed by atoms with van der Waals surface area (Å²) in [4.78, 5) is 15.4. The zero-order valence-electron chi connectivity index (χ0n) is 25.7. The van der Waals surface area contributed by atoms with Crippen molar-refractivity contribution in [3.8, 4) is 39.9 Å². The third-order valence-corrected chi connectivity index (χ3v) is 8.99. The lowest BCUT2D eigenvalue weighted by Gasteiger charge is -2.14. The predicted molar refractivity (Wildman–Crippen MR) is 193 cm³/mol. The fraction of sp³-hybridized carbons (Fsp3) is 0.0238. The Morgan fingerprint density at radius 1 is 0.553 bits per heavy atom. The van der Waals surface area contributed by atoms with E-state index >= 15 is 0 Å². The van der Waals surface area contributed by atoms with Gasteiger partial charge in [0, 0.05) is 43.8 Å². The maximum atomic E-state index is 6.33. The highest BCUT2D eigenvalue weighted by atomic mass is 16.3. The van der Waals surface area contributed by atoms with E-state index in [-0.39, 0.29) is 0 Å². The van der Waals surface area contributed by atoms with Crippen LogP contribution in [0.1, 0.15) is 11.1 Å². The molecule has 3 aromatic heterocycles. The number of para-hydroxylation sites is 2. The van der Waals surface area contributed by atoms with Gasteiger partial charge in [0.2, 0.25) is 5.95 Å². The van der Waals surface area contributed by atoms with Crippen LogP contribution < -0.4 is 0 Å². The molecule has 0 unspecified atom stereocenters. The molecule has 0 bridgehead atoms. The molecule has 0 aliphatic heterocycles. The van der Waals surface area contributed by atoms with Gasteiger partial charge in [-0.3, -0.25) is 4.57 Å². The van der Waals surface area contributed by atoms with Crippen molar-refractivity contribution >= 4 is 49.8 Å². The molecule has 9 aromatic rings. The average Bonchev–Trinajstić information content (AvgIpc) is 3.68. The van der Waals surface area contributed by atoms with Gasteiger partial charge in [-0.25, -0.2) is 4.98 Å². The SMILES string of the molecule is C=Cc1c(C)ccc2c3cccc(-c4cccc5oc6ccccc6c45)c3n(-c3nc(-c4ccccc4)nc(-c4ccccc4)n3)c12. The monoisotopic (exact) mass is 604 g/mol. The first-order valence-corrected chi connectivity index (χ1v) is 15.7. The second-order valence-corrected chi connectivity index (χ2v) is 11.7.